The zero-order valence-electron chi connectivity index (χ0n) is 11.4. The van der Waals surface area contributed by atoms with Crippen molar-refractivity contribution in [3.8, 4) is 5.75 Å². The predicted octanol–water partition coefficient (Wildman–Crippen LogP) is 4.53. The van der Waals surface area contributed by atoms with Gasteiger partial charge in [0.1, 0.15) is 5.75 Å². The van der Waals surface area contributed by atoms with Crippen LogP contribution in [-0.2, 0) is 0 Å². The monoisotopic (exact) mass is 339 g/mol. The van der Waals surface area contributed by atoms with Crippen LogP contribution in [0.3, 0.4) is 0 Å². The molecule has 1 aromatic carbocycles. The SMILES string of the molecule is CCNC(c1ccc(OC)c(Br)c1)c1cscc1C. The van der Waals surface area contributed by atoms with Crippen LogP contribution < -0.4 is 10.1 Å². The Kier molecular flexibility index (Phi) is 5.02. The Balaban J connectivity index is 2.39. The first kappa shape index (κ1) is 14.6. The molecule has 0 fully saturated rings. The van der Waals surface area contributed by atoms with Crippen molar-refractivity contribution >= 4 is 27.3 Å². The van der Waals surface area contributed by atoms with Gasteiger partial charge in [0.2, 0.25) is 0 Å². The van der Waals surface area contributed by atoms with Crippen LogP contribution >= 0.6 is 27.3 Å². The zero-order chi connectivity index (χ0) is 13.8. The number of methoxy groups -OCH3 is 1. The van der Waals surface area contributed by atoms with E-state index in [9.17, 15) is 0 Å². The summed E-state index contributed by atoms with van der Waals surface area (Å²) in [6.07, 6.45) is 0. The fourth-order valence-corrected chi connectivity index (χ4v) is 3.57. The van der Waals surface area contributed by atoms with E-state index in [0.29, 0.717) is 0 Å². The molecular formula is C15H18BrNOS. The minimum Gasteiger partial charge on any atom is -0.496 e. The van der Waals surface area contributed by atoms with Gasteiger partial charge < -0.3 is 10.1 Å². The molecule has 2 nitrogen and oxygen atoms in total. The third-order valence-electron chi connectivity index (χ3n) is 3.12. The molecule has 0 spiro atoms. The molecule has 1 heterocycles. The Morgan fingerprint density at radius 2 is 2.16 bits per heavy atom. The largest absolute Gasteiger partial charge is 0.496 e. The molecule has 0 amide bonds. The van der Waals surface area contributed by atoms with Crippen molar-refractivity contribution in [1.82, 2.24) is 5.32 Å². The molecule has 2 aromatic rings. The zero-order valence-corrected chi connectivity index (χ0v) is 13.8. The summed E-state index contributed by atoms with van der Waals surface area (Å²) in [6.45, 7) is 5.23. The van der Waals surface area contributed by atoms with E-state index in [1.54, 1.807) is 18.4 Å². The first-order chi connectivity index (χ1) is 9.17. The Morgan fingerprint density at radius 3 is 2.68 bits per heavy atom. The molecule has 1 aromatic heterocycles. The molecule has 4 heteroatoms. The first-order valence-electron chi connectivity index (χ1n) is 6.26. The highest BCUT2D eigenvalue weighted by Crippen LogP contribution is 2.32. The highest BCUT2D eigenvalue weighted by Gasteiger charge is 2.17. The summed E-state index contributed by atoms with van der Waals surface area (Å²) in [7, 11) is 1.69. The van der Waals surface area contributed by atoms with E-state index < -0.39 is 0 Å². The number of ether oxygens (including phenoxy) is 1. The predicted molar refractivity (Wildman–Crippen MR) is 85.3 cm³/mol. The van der Waals surface area contributed by atoms with Crippen LogP contribution in [0.25, 0.3) is 0 Å². The minimum atomic E-state index is 0.235. The Hall–Kier alpha value is -0.840. The smallest absolute Gasteiger partial charge is 0.133 e. The van der Waals surface area contributed by atoms with Gasteiger partial charge in [0.05, 0.1) is 17.6 Å². The summed E-state index contributed by atoms with van der Waals surface area (Å²) >= 11 is 5.31. The number of nitrogens with one attached hydrogen (secondary N) is 1. The van der Waals surface area contributed by atoms with Crippen LogP contribution in [-0.4, -0.2) is 13.7 Å². The van der Waals surface area contributed by atoms with E-state index in [4.69, 9.17) is 4.74 Å². The Labute approximate surface area is 126 Å². The van der Waals surface area contributed by atoms with E-state index in [0.717, 1.165) is 16.8 Å². The van der Waals surface area contributed by atoms with Gasteiger partial charge >= 0.3 is 0 Å². The topological polar surface area (TPSA) is 21.3 Å². The van der Waals surface area contributed by atoms with Gasteiger partial charge in [-0.15, -0.1) is 0 Å². The van der Waals surface area contributed by atoms with Gasteiger partial charge in [-0.2, -0.15) is 11.3 Å². The number of rotatable bonds is 5. The van der Waals surface area contributed by atoms with Crippen LogP contribution in [0.2, 0.25) is 0 Å². The second kappa shape index (κ2) is 6.55. The molecule has 102 valence electrons. The molecule has 0 bridgehead atoms. The minimum absolute atomic E-state index is 0.235. The highest BCUT2D eigenvalue weighted by atomic mass is 79.9. The summed E-state index contributed by atoms with van der Waals surface area (Å²) in [5, 5.41) is 7.97. The van der Waals surface area contributed by atoms with Crippen molar-refractivity contribution in [3.63, 3.8) is 0 Å². The molecule has 1 unspecified atom stereocenters. The third kappa shape index (κ3) is 3.19. The molecule has 1 atom stereocenters. The second-order valence-corrected chi connectivity index (χ2v) is 5.99. The third-order valence-corrected chi connectivity index (χ3v) is 4.62. The standard InChI is InChI=1S/C15H18BrNOS/c1-4-17-15(12-9-19-8-10(12)2)11-5-6-14(18-3)13(16)7-11/h5-9,15,17H,4H2,1-3H3. The number of benzene rings is 1. The lowest BCUT2D eigenvalue weighted by atomic mass is 9.98. The quantitative estimate of drug-likeness (QED) is 0.864. The lowest BCUT2D eigenvalue weighted by molar-refractivity contribution is 0.412. The number of aryl methyl sites for hydroxylation is 1. The fraction of sp³-hybridized carbons (Fsp3) is 0.333. The fourth-order valence-electron chi connectivity index (χ4n) is 2.14. The maximum atomic E-state index is 5.29. The van der Waals surface area contributed by atoms with Gasteiger partial charge in [-0.05, 0) is 69.0 Å². The van der Waals surface area contributed by atoms with E-state index in [-0.39, 0.29) is 6.04 Å². The highest BCUT2D eigenvalue weighted by molar-refractivity contribution is 9.10. The average Bonchev–Trinajstić information content (AvgIpc) is 2.82. The Morgan fingerprint density at radius 1 is 1.37 bits per heavy atom. The maximum absolute atomic E-state index is 5.29. The van der Waals surface area contributed by atoms with Crippen molar-refractivity contribution in [2.45, 2.75) is 19.9 Å². The van der Waals surface area contributed by atoms with Gasteiger partial charge in [-0.3, -0.25) is 0 Å². The molecular weight excluding hydrogens is 322 g/mol. The van der Waals surface area contributed by atoms with Gasteiger partial charge in [0, 0.05) is 0 Å². The van der Waals surface area contributed by atoms with E-state index in [1.165, 1.54) is 16.7 Å². The molecule has 0 aliphatic rings. The van der Waals surface area contributed by atoms with Crippen molar-refractivity contribution in [3.05, 3.63) is 50.1 Å². The van der Waals surface area contributed by atoms with Crippen LogP contribution in [0.5, 0.6) is 5.75 Å². The molecule has 0 saturated carbocycles. The first-order valence-corrected chi connectivity index (χ1v) is 8.00. The summed E-state index contributed by atoms with van der Waals surface area (Å²) in [5.74, 6) is 0.862. The summed E-state index contributed by atoms with van der Waals surface area (Å²) in [4.78, 5) is 0. The van der Waals surface area contributed by atoms with Crippen molar-refractivity contribution in [2.75, 3.05) is 13.7 Å². The lowest BCUT2D eigenvalue weighted by Crippen LogP contribution is -2.22. The Bertz CT molecular complexity index is 553. The number of halogens is 1. The summed E-state index contributed by atoms with van der Waals surface area (Å²) in [6, 6.07) is 6.49. The molecule has 0 aliphatic heterocycles. The molecule has 0 radical (unpaired) electrons. The van der Waals surface area contributed by atoms with Crippen molar-refractivity contribution in [1.29, 1.82) is 0 Å². The van der Waals surface area contributed by atoms with Gasteiger partial charge in [-0.1, -0.05) is 13.0 Å². The van der Waals surface area contributed by atoms with E-state index in [2.05, 4.69) is 58.0 Å². The van der Waals surface area contributed by atoms with E-state index >= 15 is 0 Å². The van der Waals surface area contributed by atoms with Gasteiger partial charge in [-0.25, -0.2) is 0 Å². The maximum Gasteiger partial charge on any atom is 0.133 e. The van der Waals surface area contributed by atoms with Gasteiger partial charge in [0.15, 0.2) is 0 Å². The lowest BCUT2D eigenvalue weighted by Gasteiger charge is -2.19. The molecule has 2 rings (SSSR count). The number of thiophene rings is 1. The molecule has 0 saturated heterocycles. The molecule has 0 aliphatic carbocycles. The average molecular weight is 340 g/mol. The number of hydrogen-bond donors (Lipinski definition) is 1. The van der Waals surface area contributed by atoms with Crippen LogP contribution in [0.4, 0.5) is 0 Å². The molecule has 1 N–H and O–H groups in total. The van der Waals surface area contributed by atoms with Crippen molar-refractivity contribution in [2.24, 2.45) is 0 Å². The van der Waals surface area contributed by atoms with Gasteiger partial charge in [0.25, 0.3) is 0 Å². The normalized spacial score (nSPS) is 12.4. The molecule has 19 heavy (non-hydrogen) atoms. The van der Waals surface area contributed by atoms with Crippen LogP contribution in [0.15, 0.2) is 33.4 Å². The second-order valence-electron chi connectivity index (χ2n) is 4.39. The van der Waals surface area contributed by atoms with Crippen LogP contribution in [0.1, 0.15) is 29.7 Å². The summed E-state index contributed by atoms with van der Waals surface area (Å²) in [5.41, 5.74) is 3.93. The van der Waals surface area contributed by atoms with E-state index in [1.807, 2.05) is 6.07 Å². The summed E-state index contributed by atoms with van der Waals surface area (Å²) < 4.78 is 6.28. The van der Waals surface area contributed by atoms with Crippen LogP contribution in [0, 0.1) is 6.92 Å². The number of hydrogen-bond acceptors (Lipinski definition) is 3. The van der Waals surface area contributed by atoms with Crippen molar-refractivity contribution < 1.29 is 4.74 Å².